The van der Waals surface area contributed by atoms with Crippen molar-refractivity contribution >= 4 is 17.7 Å². The van der Waals surface area contributed by atoms with E-state index in [1.807, 2.05) is 67.6 Å². The van der Waals surface area contributed by atoms with Gasteiger partial charge in [0.05, 0.1) is 5.75 Å². The van der Waals surface area contributed by atoms with E-state index in [-0.39, 0.29) is 11.2 Å². The van der Waals surface area contributed by atoms with Gasteiger partial charge in [0.25, 0.3) is 0 Å². The number of aromatic nitrogens is 1. The van der Waals surface area contributed by atoms with Gasteiger partial charge in [-0.15, -0.1) is 11.8 Å². The Morgan fingerprint density at radius 1 is 1.04 bits per heavy atom. The summed E-state index contributed by atoms with van der Waals surface area (Å²) in [4.78, 5) is 16.7. The number of rotatable bonds is 9. The Bertz CT molecular complexity index is 821. The Balaban J connectivity index is 1.80. The van der Waals surface area contributed by atoms with Crippen LogP contribution in [0.2, 0.25) is 0 Å². The van der Waals surface area contributed by atoms with Crippen LogP contribution >= 0.6 is 11.8 Å². The van der Waals surface area contributed by atoms with Crippen LogP contribution in [-0.4, -0.2) is 22.7 Å². The molecule has 146 valence electrons. The van der Waals surface area contributed by atoms with E-state index in [4.69, 9.17) is 9.40 Å². The second kappa shape index (κ2) is 10.1. The fraction of sp³-hybridized carbons (Fsp3) is 0.304. The molecule has 0 aliphatic carbocycles. The molecule has 3 aromatic rings. The molecule has 0 aliphatic heterocycles. The topological polar surface area (TPSA) is 55.1 Å². The standard InChI is InChI=1S/C23H26N2O2S/c1-3-19(15-20(26)24-4-2)28-16-21-25-22(17-11-7-5-8-12-17)23(27-21)18-13-9-6-10-14-18/h5-14,19H,3-4,15-16H2,1-2H3,(H,24,26)/t19-/m0/s1. The van der Waals surface area contributed by atoms with E-state index in [1.54, 1.807) is 11.8 Å². The van der Waals surface area contributed by atoms with E-state index in [0.29, 0.717) is 24.6 Å². The number of carbonyl (C=O) groups excluding carboxylic acids is 1. The third kappa shape index (κ3) is 5.26. The Kier molecular flexibility index (Phi) is 7.31. The van der Waals surface area contributed by atoms with Crippen molar-refractivity contribution in [2.75, 3.05) is 6.54 Å². The number of amides is 1. The molecule has 4 nitrogen and oxygen atoms in total. The molecule has 1 amide bonds. The second-order valence-electron chi connectivity index (χ2n) is 6.52. The third-order valence-electron chi connectivity index (χ3n) is 4.44. The average molecular weight is 395 g/mol. The van der Waals surface area contributed by atoms with Crippen molar-refractivity contribution in [2.45, 2.75) is 37.7 Å². The van der Waals surface area contributed by atoms with Crippen LogP contribution in [0.25, 0.3) is 22.6 Å². The monoisotopic (exact) mass is 394 g/mol. The summed E-state index contributed by atoms with van der Waals surface area (Å²) < 4.78 is 6.17. The summed E-state index contributed by atoms with van der Waals surface area (Å²) in [5.74, 6) is 2.23. The van der Waals surface area contributed by atoms with Gasteiger partial charge in [-0.25, -0.2) is 4.98 Å². The highest BCUT2D eigenvalue weighted by molar-refractivity contribution is 7.99. The van der Waals surface area contributed by atoms with Crippen LogP contribution < -0.4 is 5.32 Å². The molecule has 3 rings (SSSR count). The predicted molar refractivity (Wildman–Crippen MR) is 116 cm³/mol. The summed E-state index contributed by atoms with van der Waals surface area (Å²) in [5, 5.41) is 3.12. The highest BCUT2D eigenvalue weighted by Crippen LogP contribution is 2.34. The Hall–Kier alpha value is -2.53. The lowest BCUT2D eigenvalue weighted by atomic mass is 10.1. The molecule has 1 N–H and O–H groups in total. The first-order chi connectivity index (χ1) is 13.7. The normalized spacial score (nSPS) is 11.9. The number of carbonyl (C=O) groups is 1. The maximum Gasteiger partial charge on any atom is 0.221 e. The van der Waals surface area contributed by atoms with Crippen molar-refractivity contribution in [3.05, 3.63) is 66.6 Å². The molecule has 0 saturated carbocycles. The Morgan fingerprint density at radius 2 is 1.68 bits per heavy atom. The summed E-state index contributed by atoms with van der Waals surface area (Å²) in [7, 11) is 0. The molecule has 0 bridgehead atoms. The smallest absolute Gasteiger partial charge is 0.221 e. The average Bonchev–Trinajstić information content (AvgIpc) is 3.17. The van der Waals surface area contributed by atoms with Gasteiger partial charge in [0.2, 0.25) is 11.8 Å². The zero-order chi connectivity index (χ0) is 19.8. The first-order valence-corrected chi connectivity index (χ1v) is 10.7. The van der Waals surface area contributed by atoms with Crippen LogP contribution in [0.3, 0.4) is 0 Å². The molecule has 1 heterocycles. The Morgan fingerprint density at radius 3 is 2.29 bits per heavy atom. The highest BCUT2D eigenvalue weighted by Gasteiger charge is 2.19. The lowest BCUT2D eigenvalue weighted by molar-refractivity contribution is -0.120. The van der Waals surface area contributed by atoms with Gasteiger partial charge < -0.3 is 9.73 Å². The zero-order valence-electron chi connectivity index (χ0n) is 16.4. The van der Waals surface area contributed by atoms with Crippen LogP contribution in [0.4, 0.5) is 0 Å². The van der Waals surface area contributed by atoms with Crippen molar-refractivity contribution in [3.63, 3.8) is 0 Å². The minimum absolute atomic E-state index is 0.101. The van der Waals surface area contributed by atoms with E-state index in [1.165, 1.54) is 0 Å². The predicted octanol–water partition coefficient (Wildman–Crippen LogP) is 5.55. The van der Waals surface area contributed by atoms with Crippen molar-refractivity contribution < 1.29 is 9.21 Å². The number of nitrogens with one attached hydrogen (secondary N) is 1. The van der Waals surface area contributed by atoms with E-state index in [9.17, 15) is 4.79 Å². The molecule has 0 spiro atoms. The summed E-state index contributed by atoms with van der Waals surface area (Å²) >= 11 is 1.72. The fourth-order valence-corrected chi connectivity index (χ4v) is 4.00. The summed E-state index contributed by atoms with van der Waals surface area (Å²) in [5.41, 5.74) is 2.91. The Labute approximate surface area is 170 Å². The minimum atomic E-state index is 0.101. The number of benzene rings is 2. The van der Waals surface area contributed by atoms with Crippen LogP contribution in [0, 0.1) is 0 Å². The van der Waals surface area contributed by atoms with Crippen molar-refractivity contribution in [1.29, 1.82) is 0 Å². The first kappa shape index (κ1) is 20.2. The molecular formula is C23H26N2O2S. The lowest BCUT2D eigenvalue weighted by Gasteiger charge is -2.12. The summed E-state index contributed by atoms with van der Waals surface area (Å²) in [6.07, 6.45) is 1.45. The van der Waals surface area contributed by atoms with Crippen LogP contribution in [0.1, 0.15) is 32.6 Å². The van der Waals surface area contributed by atoms with Gasteiger partial charge >= 0.3 is 0 Å². The zero-order valence-corrected chi connectivity index (χ0v) is 17.2. The van der Waals surface area contributed by atoms with Gasteiger partial charge in [0, 0.05) is 29.3 Å². The van der Waals surface area contributed by atoms with E-state index in [2.05, 4.69) is 12.2 Å². The molecule has 28 heavy (non-hydrogen) atoms. The van der Waals surface area contributed by atoms with Gasteiger partial charge in [-0.2, -0.15) is 0 Å². The third-order valence-corrected chi connectivity index (χ3v) is 5.82. The van der Waals surface area contributed by atoms with E-state index >= 15 is 0 Å². The van der Waals surface area contributed by atoms with Crippen molar-refractivity contribution in [3.8, 4) is 22.6 Å². The molecule has 2 aromatic carbocycles. The number of hydrogen-bond acceptors (Lipinski definition) is 4. The quantitative estimate of drug-likeness (QED) is 0.517. The lowest BCUT2D eigenvalue weighted by Crippen LogP contribution is -2.25. The summed E-state index contributed by atoms with van der Waals surface area (Å²) in [6.45, 7) is 4.72. The number of hydrogen-bond donors (Lipinski definition) is 1. The number of thioether (sulfide) groups is 1. The van der Waals surface area contributed by atoms with Crippen molar-refractivity contribution in [2.24, 2.45) is 0 Å². The van der Waals surface area contributed by atoms with Crippen LogP contribution in [0.15, 0.2) is 65.1 Å². The maximum atomic E-state index is 11.9. The maximum absolute atomic E-state index is 11.9. The van der Waals surface area contributed by atoms with Crippen molar-refractivity contribution in [1.82, 2.24) is 10.3 Å². The molecule has 1 atom stereocenters. The molecule has 0 unspecified atom stereocenters. The van der Waals surface area contributed by atoms with Gasteiger partial charge in [-0.1, -0.05) is 67.6 Å². The second-order valence-corrected chi connectivity index (χ2v) is 7.80. The molecule has 0 radical (unpaired) electrons. The van der Waals surface area contributed by atoms with Gasteiger partial charge in [0.1, 0.15) is 5.69 Å². The first-order valence-electron chi connectivity index (χ1n) is 9.70. The highest BCUT2D eigenvalue weighted by atomic mass is 32.2. The van der Waals surface area contributed by atoms with Crippen LogP contribution in [-0.2, 0) is 10.5 Å². The molecule has 5 heteroatoms. The minimum Gasteiger partial charge on any atom is -0.439 e. The molecule has 0 saturated heterocycles. The largest absolute Gasteiger partial charge is 0.439 e. The molecule has 0 aliphatic rings. The summed E-state index contributed by atoms with van der Waals surface area (Å²) in [6, 6.07) is 20.2. The van der Waals surface area contributed by atoms with Gasteiger partial charge in [-0.05, 0) is 13.3 Å². The van der Waals surface area contributed by atoms with Gasteiger partial charge in [0.15, 0.2) is 5.76 Å². The van der Waals surface area contributed by atoms with E-state index < -0.39 is 0 Å². The van der Waals surface area contributed by atoms with Crippen LogP contribution in [0.5, 0.6) is 0 Å². The SMILES string of the molecule is CCNC(=O)C[C@H](CC)SCc1nc(-c2ccccc2)c(-c2ccccc2)o1. The molecule has 1 aromatic heterocycles. The number of oxazole rings is 1. The fourth-order valence-electron chi connectivity index (χ4n) is 2.99. The molecular weight excluding hydrogens is 368 g/mol. The number of nitrogens with zero attached hydrogens (tertiary/aromatic N) is 1. The molecule has 0 fully saturated rings. The van der Waals surface area contributed by atoms with Gasteiger partial charge in [-0.3, -0.25) is 4.79 Å². The van der Waals surface area contributed by atoms with E-state index in [0.717, 1.165) is 29.0 Å².